The summed E-state index contributed by atoms with van der Waals surface area (Å²) in [5.41, 5.74) is 2.19. The van der Waals surface area contributed by atoms with Gasteiger partial charge in [-0.1, -0.05) is 23.7 Å². The SMILES string of the molecule is CN(Cc1cc2c(=O)c(C(=O)NCc3ccc(Cl)cc3)cn(C)c2o1)CC(O)CSc1ncnc2[nH]cnc12. The normalized spacial score (nSPS) is 12.4. The molecule has 0 fully saturated rings. The summed E-state index contributed by atoms with van der Waals surface area (Å²) in [6.07, 6.45) is 3.85. The number of aryl methyl sites for hydroxylation is 1. The van der Waals surface area contributed by atoms with Crippen molar-refractivity contribution >= 4 is 51.5 Å². The van der Waals surface area contributed by atoms with Gasteiger partial charge >= 0.3 is 0 Å². The van der Waals surface area contributed by atoms with Gasteiger partial charge in [0.15, 0.2) is 5.65 Å². The molecular weight excluding hydrogens is 542 g/mol. The molecule has 11 nitrogen and oxygen atoms in total. The molecule has 3 N–H and O–H groups in total. The minimum atomic E-state index is -0.643. The van der Waals surface area contributed by atoms with Crippen molar-refractivity contribution in [1.82, 2.24) is 34.7 Å². The van der Waals surface area contributed by atoms with Gasteiger partial charge in [-0.3, -0.25) is 14.5 Å². The number of rotatable bonds is 10. The first-order valence-electron chi connectivity index (χ1n) is 12.1. The Balaban J connectivity index is 1.21. The second-order valence-corrected chi connectivity index (χ2v) is 10.6. The maximum Gasteiger partial charge on any atom is 0.257 e. The zero-order valence-corrected chi connectivity index (χ0v) is 22.8. The van der Waals surface area contributed by atoms with Crippen LogP contribution < -0.4 is 10.7 Å². The van der Waals surface area contributed by atoms with E-state index in [9.17, 15) is 14.7 Å². The van der Waals surface area contributed by atoms with Gasteiger partial charge in [0.05, 0.1) is 24.4 Å². The summed E-state index contributed by atoms with van der Waals surface area (Å²) in [5.74, 6) is 0.494. The van der Waals surface area contributed by atoms with Gasteiger partial charge in [0.2, 0.25) is 11.1 Å². The van der Waals surface area contributed by atoms with Gasteiger partial charge in [-0.25, -0.2) is 15.0 Å². The van der Waals surface area contributed by atoms with Crippen LogP contribution in [0.15, 0.2) is 63.4 Å². The fraction of sp³-hybridized carbons (Fsp3) is 0.269. The molecule has 0 aliphatic carbocycles. The topological polar surface area (TPSA) is 142 Å². The number of fused-ring (bicyclic) bond motifs is 2. The van der Waals surface area contributed by atoms with Crippen molar-refractivity contribution in [2.75, 3.05) is 19.3 Å². The molecule has 5 rings (SSSR count). The van der Waals surface area contributed by atoms with Crippen molar-refractivity contribution in [2.45, 2.75) is 24.2 Å². The number of hydrogen-bond acceptors (Lipinski definition) is 9. The summed E-state index contributed by atoms with van der Waals surface area (Å²) in [6, 6.07) is 8.76. The average molecular weight is 568 g/mol. The van der Waals surface area contributed by atoms with E-state index < -0.39 is 17.4 Å². The molecule has 5 aromatic rings. The second kappa shape index (κ2) is 11.6. The summed E-state index contributed by atoms with van der Waals surface area (Å²) < 4.78 is 7.56. The first-order valence-corrected chi connectivity index (χ1v) is 13.4. The van der Waals surface area contributed by atoms with Crippen molar-refractivity contribution in [2.24, 2.45) is 7.05 Å². The standard InChI is InChI=1S/C26H26ClN7O4S/c1-33(9-17(35)12-39-25-21-23(30-13-29-21)31-14-32-25)10-18-7-19-22(36)20(11-34(2)26(19)38-18)24(37)28-8-15-3-5-16(27)6-4-15/h3-7,11,13-14,17,35H,8-10,12H2,1-2H3,(H,28,37)(H,29,30,31,32). The highest BCUT2D eigenvalue weighted by molar-refractivity contribution is 7.99. The lowest BCUT2D eigenvalue weighted by Crippen LogP contribution is -2.30. The Labute approximate surface area is 232 Å². The quantitative estimate of drug-likeness (QED) is 0.171. The lowest BCUT2D eigenvalue weighted by Gasteiger charge is -2.19. The van der Waals surface area contributed by atoms with Crippen molar-refractivity contribution in [3.8, 4) is 0 Å². The molecule has 1 atom stereocenters. The molecule has 0 aliphatic heterocycles. The third-order valence-corrected chi connectivity index (χ3v) is 7.43. The van der Waals surface area contributed by atoms with Crippen molar-refractivity contribution in [1.29, 1.82) is 0 Å². The molecule has 0 bridgehead atoms. The molecule has 202 valence electrons. The Bertz CT molecular complexity index is 1680. The number of aliphatic hydroxyl groups excluding tert-OH is 1. The van der Waals surface area contributed by atoms with Crippen LogP contribution in [0.4, 0.5) is 0 Å². The molecule has 39 heavy (non-hydrogen) atoms. The third-order valence-electron chi connectivity index (χ3n) is 6.05. The van der Waals surface area contributed by atoms with E-state index in [-0.39, 0.29) is 12.1 Å². The maximum atomic E-state index is 13.1. The van der Waals surface area contributed by atoms with Crippen molar-refractivity contribution in [3.05, 3.63) is 81.3 Å². The molecule has 0 aliphatic rings. The molecule has 0 radical (unpaired) electrons. The Morgan fingerprint density at radius 3 is 2.87 bits per heavy atom. The number of nitrogens with zero attached hydrogens (tertiary/aromatic N) is 5. The number of carbonyl (C=O) groups excluding carboxylic acids is 1. The van der Waals surface area contributed by atoms with Gasteiger partial charge < -0.3 is 24.4 Å². The highest BCUT2D eigenvalue weighted by atomic mass is 35.5. The van der Waals surface area contributed by atoms with Gasteiger partial charge in [0.25, 0.3) is 5.91 Å². The zero-order chi connectivity index (χ0) is 27.5. The molecular formula is C26H26ClN7O4S. The number of benzene rings is 1. The van der Waals surface area contributed by atoms with E-state index in [2.05, 4.69) is 25.3 Å². The number of furan rings is 1. The second-order valence-electron chi connectivity index (χ2n) is 9.16. The lowest BCUT2D eigenvalue weighted by atomic mass is 10.2. The van der Waals surface area contributed by atoms with Crippen LogP contribution in [0.25, 0.3) is 22.3 Å². The number of imidazole rings is 1. The smallest absolute Gasteiger partial charge is 0.257 e. The fourth-order valence-electron chi connectivity index (χ4n) is 4.20. The predicted molar refractivity (Wildman–Crippen MR) is 149 cm³/mol. The largest absolute Gasteiger partial charge is 0.443 e. The first kappa shape index (κ1) is 26.9. The van der Waals surface area contributed by atoms with Crippen LogP contribution in [0.3, 0.4) is 0 Å². The number of aromatic amines is 1. The van der Waals surface area contributed by atoms with Crippen LogP contribution >= 0.6 is 23.4 Å². The van der Waals surface area contributed by atoms with E-state index in [0.717, 1.165) is 5.56 Å². The number of amides is 1. The van der Waals surface area contributed by atoms with E-state index in [1.54, 1.807) is 36.1 Å². The van der Waals surface area contributed by atoms with E-state index in [4.69, 9.17) is 16.0 Å². The van der Waals surface area contributed by atoms with Crippen LogP contribution in [0, 0.1) is 0 Å². The number of hydrogen-bond donors (Lipinski definition) is 3. The highest BCUT2D eigenvalue weighted by Crippen LogP contribution is 2.23. The van der Waals surface area contributed by atoms with Gasteiger partial charge in [0.1, 0.15) is 28.2 Å². The van der Waals surface area contributed by atoms with Gasteiger partial charge in [-0.15, -0.1) is 11.8 Å². The summed E-state index contributed by atoms with van der Waals surface area (Å²) in [6.45, 7) is 1.00. The summed E-state index contributed by atoms with van der Waals surface area (Å²) >= 11 is 7.31. The van der Waals surface area contributed by atoms with Gasteiger partial charge in [0, 0.05) is 37.1 Å². The van der Waals surface area contributed by atoms with Gasteiger partial charge in [-0.05, 0) is 30.8 Å². The van der Waals surface area contributed by atoms with E-state index in [0.29, 0.717) is 56.9 Å². The molecule has 0 spiro atoms. The lowest BCUT2D eigenvalue weighted by molar-refractivity contribution is 0.0949. The molecule has 1 aromatic carbocycles. The Hall–Kier alpha value is -3.71. The minimum Gasteiger partial charge on any atom is -0.443 e. The molecule has 13 heteroatoms. The zero-order valence-electron chi connectivity index (χ0n) is 21.2. The molecule has 1 unspecified atom stereocenters. The monoisotopic (exact) mass is 567 g/mol. The Kier molecular flexibility index (Phi) is 7.98. The minimum absolute atomic E-state index is 0.0304. The first-order chi connectivity index (χ1) is 18.8. The fourth-order valence-corrected chi connectivity index (χ4v) is 5.19. The van der Waals surface area contributed by atoms with Crippen LogP contribution in [0.1, 0.15) is 21.7 Å². The number of likely N-dealkylation sites (N-methyl/N-ethyl adjacent to an activating group) is 1. The van der Waals surface area contributed by atoms with E-state index in [1.165, 1.54) is 24.3 Å². The number of pyridine rings is 1. The summed E-state index contributed by atoms with van der Waals surface area (Å²) in [7, 11) is 3.57. The summed E-state index contributed by atoms with van der Waals surface area (Å²) in [5, 5.41) is 15.0. The van der Waals surface area contributed by atoms with Crippen LogP contribution in [0.2, 0.25) is 5.02 Å². The van der Waals surface area contributed by atoms with Crippen LogP contribution in [-0.4, -0.2) is 65.9 Å². The molecule has 1 amide bonds. The molecule has 4 heterocycles. The average Bonchev–Trinajstić information content (AvgIpc) is 3.57. The number of nitrogens with one attached hydrogen (secondary N) is 2. The number of H-pyrrole nitrogens is 1. The van der Waals surface area contributed by atoms with Crippen molar-refractivity contribution in [3.63, 3.8) is 0 Å². The van der Waals surface area contributed by atoms with Gasteiger partial charge in [-0.2, -0.15) is 0 Å². The maximum absolute atomic E-state index is 13.1. The van der Waals surface area contributed by atoms with Crippen LogP contribution in [0.5, 0.6) is 0 Å². The predicted octanol–water partition coefficient (Wildman–Crippen LogP) is 2.97. The number of thioether (sulfide) groups is 1. The molecule has 0 saturated carbocycles. The summed E-state index contributed by atoms with van der Waals surface area (Å²) in [4.78, 5) is 43.4. The van der Waals surface area contributed by atoms with Crippen molar-refractivity contribution < 1.29 is 14.3 Å². The van der Waals surface area contributed by atoms with E-state index >= 15 is 0 Å². The molecule has 0 saturated heterocycles. The Morgan fingerprint density at radius 1 is 1.28 bits per heavy atom. The number of halogens is 1. The number of aromatic nitrogens is 5. The molecule has 4 aromatic heterocycles. The third kappa shape index (κ3) is 6.14. The van der Waals surface area contributed by atoms with Crippen LogP contribution in [-0.2, 0) is 20.1 Å². The number of aliphatic hydroxyl groups is 1. The Morgan fingerprint density at radius 2 is 2.08 bits per heavy atom. The highest BCUT2D eigenvalue weighted by Gasteiger charge is 2.19. The number of carbonyl (C=O) groups is 1. The van der Waals surface area contributed by atoms with E-state index in [1.807, 2.05) is 24.1 Å².